The number of aromatic hydroxyl groups is 1. The molecule has 6 aromatic rings. The zero-order chi connectivity index (χ0) is 45.4. The molecule has 1 N–H and O–H groups in total. The van der Waals surface area contributed by atoms with Crippen molar-refractivity contribution in [3.05, 3.63) is 175 Å². The largest absolute Gasteiger partial charge is 0.508 e. The van der Waals surface area contributed by atoms with E-state index in [0.717, 1.165) is 72.8 Å². The lowest BCUT2D eigenvalue weighted by atomic mass is 9.91. The molecule has 0 radical (unpaired) electrons. The van der Waals surface area contributed by atoms with Crippen molar-refractivity contribution in [2.75, 3.05) is 18.6 Å². The van der Waals surface area contributed by atoms with Crippen LogP contribution in [0.15, 0.2) is 129 Å². The lowest BCUT2D eigenvalue weighted by molar-refractivity contribution is 0.415. The molecule has 0 amide bonds. The van der Waals surface area contributed by atoms with Crippen LogP contribution < -0.4 is 15.9 Å². The minimum atomic E-state index is -3.19. The molecule has 0 bridgehead atoms. The Morgan fingerprint density at radius 1 is 0.571 bits per heavy atom. The highest BCUT2D eigenvalue weighted by atomic mass is 32.2. The number of ether oxygens (including phenoxy) is 1. The number of nitrogens with zero attached hydrogens (tertiary/aromatic N) is 4. The molecular weight excluding hydrogens is 837 g/mol. The van der Waals surface area contributed by atoms with Gasteiger partial charge in [0.1, 0.15) is 11.5 Å². The van der Waals surface area contributed by atoms with Crippen molar-refractivity contribution in [3.8, 4) is 33.8 Å². The van der Waals surface area contributed by atoms with Crippen LogP contribution >= 0.6 is 0 Å². The highest BCUT2D eigenvalue weighted by Crippen LogP contribution is 2.39. The monoisotopic (exact) mass is 886 g/mol. The number of aromatic nitrogens is 2. The van der Waals surface area contributed by atoms with Gasteiger partial charge in [-0.05, 0) is 108 Å². The quantitative estimate of drug-likeness (QED) is 0.156. The summed E-state index contributed by atoms with van der Waals surface area (Å²) in [6, 6.07) is 28.5. The zero-order valence-corrected chi connectivity index (χ0v) is 37.9. The summed E-state index contributed by atoms with van der Waals surface area (Å²) < 4.78 is 57.3. The summed E-state index contributed by atoms with van der Waals surface area (Å²) in [6.07, 6.45) is 3.61. The van der Waals surface area contributed by atoms with E-state index in [1.54, 1.807) is 82.2 Å². The molecule has 63 heavy (non-hydrogen) atoms. The Kier molecular flexibility index (Phi) is 12.6. The van der Waals surface area contributed by atoms with E-state index in [2.05, 4.69) is 0 Å². The Hall–Kier alpha value is -6.38. The normalized spacial score (nSPS) is 15.5. The van der Waals surface area contributed by atoms with E-state index in [4.69, 9.17) is 14.7 Å². The number of fused-ring (bicyclic) bond motifs is 6. The van der Waals surface area contributed by atoms with Gasteiger partial charge < -0.3 is 19.0 Å². The van der Waals surface area contributed by atoms with Crippen molar-refractivity contribution in [3.63, 3.8) is 0 Å². The number of aryl methyl sites for hydroxylation is 2. The van der Waals surface area contributed by atoms with Gasteiger partial charge in [-0.25, -0.2) is 16.8 Å². The maximum atomic E-state index is 12.4. The van der Waals surface area contributed by atoms with Crippen LogP contribution in [0.25, 0.3) is 22.3 Å². The summed E-state index contributed by atoms with van der Waals surface area (Å²) >= 11 is 0. The highest BCUT2D eigenvalue weighted by molar-refractivity contribution is 7.90. The van der Waals surface area contributed by atoms with Gasteiger partial charge in [-0.15, -0.1) is 0 Å². The Morgan fingerprint density at radius 3 is 1.35 bits per heavy atom. The molecule has 0 saturated carbocycles. The van der Waals surface area contributed by atoms with E-state index in [1.165, 1.54) is 4.57 Å². The predicted molar refractivity (Wildman–Crippen MR) is 250 cm³/mol. The molecule has 12 nitrogen and oxygen atoms in total. The molecule has 0 fully saturated rings. The average Bonchev–Trinajstić information content (AvgIpc) is 3.45. The molecule has 4 heterocycles. The van der Waals surface area contributed by atoms with Crippen LogP contribution in [0.1, 0.15) is 84.3 Å². The Balaban J connectivity index is 0.000000189. The first kappa shape index (κ1) is 44.7. The maximum absolute atomic E-state index is 12.4. The number of aliphatic imine (C=N–C) groups is 2. The summed E-state index contributed by atoms with van der Waals surface area (Å²) in [5, 5.41) is 9.69. The van der Waals surface area contributed by atoms with Crippen LogP contribution in [0.3, 0.4) is 0 Å². The number of methoxy groups -OCH3 is 1. The van der Waals surface area contributed by atoms with Crippen molar-refractivity contribution < 1.29 is 26.7 Å². The Morgan fingerprint density at radius 2 is 0.968 bits per heavy atom. The summed E-state index contributed by atoms with van der Waals surface area (Å²) in [6.45, 7) is 7.20. The van der Waals surface area contributed by atoms with Gasteiger partial charge in [0, 0.05) is 83.5 Å². The zero-order valence-electron chi connectivity index (χ0n) is 36.3. The maximum Gasteiger partial charge on any atom is 0.250 e. The summed E-state index contributed by atoms with van der Waals surface area (Å²) in [5.74, 6) is 1.01. The number of benzene rings is 4. The number of hydrogen-bond donors (Lipinski definition) is 1. The van der Waals surface area contributed by atoms with Gasteiger partial charge in [0.2, 0.25) is 0 Å². The number of pyridine rings is 2. The molecule has 0 unspecified atom stereocenters. The molecule has 0 aliphatic carbocycles. The molecule has 2 aromatic heterocycles. The standard InChI is InChI=1S/C25H26N2O4S.C24H24N2O4S/c1-5-32(29,30)15-17-6-11-20-22(12-17)23-14-27(3)24(28)13-21(23)16(2)26-25(20)18-7-9-19(31-4)10-8-18;1-4-31(29,30)14-16-5-10-19-21(11-16)22-13-26(3)23(28)12-20(22)15(2)25-24(19)17-6-8-18(27)9-7-17/h6-14,16H,5,15H2,1-4H3;5-13,15,27H,4,14H2,1-3H3/t16-;15-/m00/s1. The average molecular weight is 887 g/mol. The second kappa shape index (κ2) is 17.8. The van der Waals surface area contributed by atoms with E-state index in [0.29, 0.717) is 11.1 Å². The number of hydrogen-bond acceptors (Lipinski definition) is 10. The molecule has 14 heteroatoms. The molecule has 2 aliphatic rings. The molecule has 4 aromatic carbocycles. The highest BCUT2D eigenvalue weighted by Gasteiger charge is 2.27. The van der Waals surface area contributed by atoms with E-state index in [9.17, 15) is 31.5 Å². The fourth-order valence-corrected chi connectivity index (χ4v) is 9.64. The van der Waals surface area contributed by atoms with E-state index >= 15 is 0 Å². The molecular formula is C49H50N4O8S2. The van der Waals surface area contributed by atoms with Crippen molar-refractivity contribution in [2.45, 2.75) is 51.3 Å². The predicted octanol–water partition coefficient (Wildman–Crippen LogP) is 7.51. The second-order valence-corrected chi connectivity index (χ2v) is 20.6. The van der Waals surface area contributed by atoms with Gasteiger partial charge in [-0.3, -0.25) is 19.6 Å². The lowest BCUT2D eigenvalue weighted by Crippen LogP contribution is -2.17. The van der Waals surface area contributed by atoms with Crippen LogP contribution in [0, 0.1) is 0 Å². The lowest BCUT2D eigenvalue weighted by Gasteiger charge is -2.15. The van der Waals surface area contributed by atoms with E-state index in [-0.39, 0.29) is 52.0 Å². The minimum absolute atomic E-state index is 0.0254. The van der Waals surface area contributed by atoms with Crippen molar-refractivity contribution >= 4 is 31.1 Å². The smallest absolute Gasteiger partial charge is 0.250 e. The first-order chi connectivity index (χ1) is 29.9. The van der Waals surface area contributed by atoms with Crippen molar-refractivity contribution in [2.24, 2.45) is 24.1 Å². The molecule has 2 atom stereocenters. The van der Waals surface area contributed by atoms with Crippen molar-refractivity contribution in [1.82, 2.24) is 9.13 Å². The van der Waals surface area contributed by atoms with Gasteiger partial charge >= 0.3 is 0 Å². The Bertz CT molecular complexity index is 3150. The SMILES string of the molecule is CCS(=O)(=O)Cc1ccc2c(c1)-c1cn(C)c(=O)cc1[C@H](C)N=C2c1ccc(O)cc1.CCS(=O)(=O)Cc1ccc2c(c1)-c1cn(C)c(=O)cc1[C@H](C)N=C2c1ccc(OC)cc1. The number of sulfone groups is 2. The van der Waals surface area contributed by atoms with Crippen LogP contribution in [0.4, 0.5) is 0 Å². The van der Waals surface area contributed by atoms with Gasteiger partial charge in [-0.1, -0.05) is 38.1 Å². The molecule has 8 rings (SSSR count). The second-order valence-electron chi connectivity index (χ2n) is 15.9. The minimum Gasteiger partial charge on any atom is -0.508 e. The van der Waals surface area contributed by atoms with Gasteiger partial charge in [-0.2, -0.15) is 0 Å². The van der Waals surface area contributed by atoms with Crippen LogP contribution in [-0.4, -0.2) is 61.1 Å². The number of phenolic OH excluding ortho intramolecular Hbond substituents is 1. The van der Waals surface area contributed by atoms with Crippen LogP contribution in [0.5, 0.6) is 11.5 Å². The number of phenols is 1. The van der Waals surface area contributed by atoms with Crippen molar-refractivity contribution in [1.29, 1.82) is 0 Å². The van der Waals surface area contributed by atoms with Gasteiger partial charge in [0.15, 0.2) is 19.7 Å². The van der Waals surface area contributed by atoms with Crippen LogP contribution in [0.2, 0.25) is 0 Å². The summed E-state index contributed by atoms with van der Waals surface area (Å²) in [5.41, 5.74) is 11.3. The fraction of sp³-hybridized carbons (Fsp3) is 0.265. The number of rotatable bonds is 9. The summed E-state index contributed by atoms with van der Waals surface area (Å²) in [7, 11) is -1.34. The summed E-state index contributed by atoms with van der Waals surface area (Å²) in [4.78, 5) is 34.7. The molecule has 2 aliphatic heterocycles. The molecule has 326 valence electrons. The third-order valence-corrected chi connectivity index (χ3v) is 14.8. The van der Waals surface area contributed by atoms with Gasteiger partial charge in [0.25, 0.3) is 11.1 Å². The fourth-order valence-electron chi connectivity index (χ4n) is 7.86. The van der Waals surface area contributed by atoms with Crippen LogP contribution in [-0.2, 0) is 45.3 Å². The first-order valence-electron chi connectivity index (χ1n) is 20.6. The first-order valence-corrected chi connectivity index (χ1v) is 24.2. The third kappa shape index (κ3) is 9.52. The van der Waals surface area contributed by atoms with Gasteiger partial charge in [0.05, 0.1) is 42.1 Å². The third-order valence-electron chi connectivity index (χ3n) is 11.5. The Labute approximate surface area is 367 Å². The van der Waals surface area contributed by atoms with E-state index in [1.807, 2.05) is 80.7 Å². The molecule has 0 spiro atoms. The topological polar surface area (TPSA) is 166 Å². The van der Waals surface area contributed by atoms with E-state index < -0.39 is 19.7 Å². The molecule has 0 saturated heterocycles.